The lowest BCUT2D eigenvalue weighted by Crippen LogP contribution is -2.18. The van der Waals surface area contributed by atoms with Crippen molar-refractivity contribution in [3.63, 3.8) is 0 Å². The Hall–Kier alpha value is -1.84. The Morgan fingerprint density at radius 2 is 2.12 bits per heavy atom. The minimum Gasteiger partial charge on any atom is -0.458 e. The number of hydrogen-bond acceptors (Lipinski definition) is 4. The Labute approximate surface area is 99.5 Å². The summed E-state index contributed by atoms with van der Waals surface area (Å²) >= 11 is 0. The van der Waals surface area contributed by atoms with Gasteiger partial charge in [0.25, 0.3) is 0 Å². The molecule has 1 unspecified atom stereocenters. The molecule has 4 heteroatoms. The Kier molecular flexibility index (Phi) is 3.42. The van der Waals surface area contributed by atoms with E-state index in [1.165, 1.54) is 0 Å². The van der Waals surface area contributed by atoms with E-state index in [-0.39, 0.29) is 30.6 Å². The van der Waals surface area contributed by atoms with Crippen LogP contribution in [0.1, 0.15) is 23.7 Å². The highest BCUT2D eigenvalue weighted by molar-refractivity contribution is 5.89. The Morgan fingerprint density at radius 1 is 1.41 bits per heavy atom. The van der Waals surface area contributed by atoms with E-state index in [2.05, 4.69) is 0 Å². The van der Waals surface area contributed by atoms with Crippen molar-refractivity contribution in [1.29, 1.82) is 0 Å². The average Bonchev–Trinajstić information content (AvgIpc) is 2.67. The molecule has 0 bridgehead atoms. The zero-order valence-electron chi connectivity index (χ0n) is 9.59. The molecule has 1 fully saturated rings. The fraction of sp³-hybridized carbons (Fsp3) is 0.385. The molecule has 4 nitrogen and oxygen atoms in total. The van der Waals surface area contributed by atoms with Gasteiger partial charge in [-0.3, -0.25) is 4.79 Å². The lowest BCUT2D eigenvalue weighted by Gasteiger charge is -2.09. The molecule has 1 aromatic rings. The maximum atomic E-state index is 11.6. The van der Waals surface area contributed by atoms with Gasteiger partial charge >= 0.3 is 11.9 Å². The van der Waals surface area contributed by atoms with Gasteiger partial charge < -0.3 is 9.47 Å². The number of benzene rings is 1. The highest BCUT2D eigenvalue weighted by atomic mass is 16.6. The molecule has 0 amide bonds. The van der Waals surface area contributed by atoms with Crippen LogP contribution in [0.4, 0.5) is 0 Å². The van der Waals surface area contributed by atoms with Crippen LogP contribution in [0.25, 0.3) is 0 Å². The number of rotatable bonds is 3. The molecule has 0 spiro atoms. The van der Waals surface area contributed by atoms with Crippen LogP contribution in [0.15, 0.2) is 30.3 Å². The van der Waals surface area contributed by atoms with Gasteiger partial charge in [-0.1, -0.05) is 25.1 Å². The summed E-state index contributed by atoms with van der Waals surface area (Å²) < 4.78 is 10.1. The first-order valence-corrected chi connectivity index (χ1v) is 5.59. The van der Waals surface area contributed by atoms with E-state index in [0.29, 0.717) is 12.0 Å². The zero-order chi connectivity index (χ0) is 12.3. The topological polar surface area (TPSA) is 52.6 Å². The van der Waals surface area contributed by atoms with E-state index in [0.717, 1.165) is 0 Å². The van der Waals surface area contributed by atoms with Crippen molar-refractivity contribution < 1.29 is 19.1 Å². The first-order chi connectivity index (χ1) is 8.16. The fourth-order valence-electron chi connectivity index (χ4n) is 1.75. The van der Waals surface area contributed by atoms with Gasteiger partial charge in [-0.15, -0.1) is 0 Å². The lowest BCUT2D eigenvalue weighted by molar-refractivity contribution is -0.145. The standard InChI is InChI=1S/C13H14O4/c1-9-7-11(17-12(9)14)8-16-13(15)10-5-3-2-4-6-10/h2-6,9,11H,7-8H2,1H3/t9-,11?/m0/s1. The molecule has 17 heavy (non-hydrogen) atoms. The van der Waals surface area contributed by atoms with Crippen molar-refractivity contribution >= 4 is 11.9 Å². The van der Waals surface area contributed by atoms with E-state index in [9.17, 15) is 9.59 Å². The highest BCUT2D eigenvalue weighted by Gasteiger charge is 2.31. The molecule has 2 atom stereocenters. The smallest absolute Gasteiger partial charge is 0.338 e. The molecule has 90 valence electrons. The number of hydrogen-bond donors (Lipinski definition) is 0. The molecule has 1 heterocycles. The van der Waals surface area contributed by atoms with Crippen molar-refractivity contribution in [1.82, 2.24) is 0 Å². The van der Waals surface area contributed by atoms with Gasteiger partial charge in [-0.05, 0) is 12.1 Å². The Balaban J connectivity index is 1.83. The summed E-state index contributed by atoms with van der Waals surface area (Å²) in [7, 11) is 0. The summed E-state index contributed by atoms with van der Waals surface area (Å²) in [5.74, 6) is -0.706. The van der Waals surface area contributed by atoms with Crippen LogP contribution in [-0.4, -0.2) is 24.6 Å². The van der Waals surface area contributed by atoms with Crippen LogP contribution in [0, 0.1) is 5.92 Å². The molecule has 2 rings (SSSR count). The summed E-state index contributed by atoms with van der Waals surface area (Å²) in [6, 6.07) is 8.75. The molecule has 0 saturated carbocycles. The van der Waals surface area contributed by atoms with Gasteiger partial charge in [0.05, 0.1) is 11.5 Å². The first-order valence-electron chi connectivity index (χ1n) is 5.59. The molecule has 0 radical (unpaired) electrons. The third kappa shape index (κ3) is 2.84. The number of carbonyl (C=O) groups excluding carboxylic acids is 2. The van der Waals surface area contributed by atoms with E-state index in [1.807, 2.05) is 6.07 Å². The van der Waals surface area contributed by atoms with Crippen LogP contribution in [0.5, 0.6) is 0 Å². The van der Waals surface area contributed by atoms with Crippen molar-refractivity contribution in [2.24, 2.45) is 5.92 Å². The largest absolute Gasteiger partial charge is 0.458 e. The quantitative estimate of drug-likeness (QED) is 0.748. The zero-order valence-corrected chi connectivity index (χ0v) is 9.59. The number of cyclic esters (lactones) is 1. The first kappa shape index (κ1) is 11.6. The highest BCUT2D eigenvalue weighted by Crippen LogP contribution is 2.20. The maximum Gasteiger partial charge on any atom is 0.338 e. The Morgan fingerprint density at radius 3 is 2.71 bits per heavy atom. The molecule has 1 aromatic carbocycles. The molecule has 0 aromatic heterocycles. The molecule has 1 saturated heterocycles. The van der Waals surface area contributed by atoms with Crippen LogP contribution in [0.3, 0.4) is 0 Å². The number of ether oxygens (including phenoxy) is 2. The molecule has 0 aliphatic carbocycles. The van der Waals surface area contributed by atoms with E-state index in [1.54, 1.807) is 31.2 Å². The third-order valence-corrected chi connectivity index (χ3v) is 2.71. The predicted molar refractivity (Wildman–Crippen MR) is 60.4 cm³/mol. The van der Waals surface area contributed by atoms with Crippen LogP contribution < -0.4 is 0 Å². The minimum absolute atomic E-state index is 0.101. The second-order valence-corrected chi connectivity index (χ2v) is 4.16. The normalized spacial score (nSPS) is 23.2. The third-order valence-electron chi connectivity index (χ3n) is 2.71. The monoisotopic (exact) mass is 234 g/mol. The summed E-state index contributed by atoms with van der Waals surface area (Å²) in [6.07, 6.45) is 0.311. The van der Waals surface area contributed by atoms with Crippen LogP contribution >= 0.6 is 0 Å². The van der Waals surface area contributed by atoms with Crippen molar-refractivity contribution in [2.75, 3.05) is 6.61 Å². The van der Waals surface area contributed by atoms with Gasteiger partial charge in [0.1, 0.15) is 12.7 Å². The van der Waals surface area contributed by atoms with E-state index < -0.39 is 0 Å². The van der Waals surface area contributed by atoms with E-state index >= 15 is 0 Å². The van der Waals surface area contributed by atoms with Gasteiger partial charge in [0.15, 0.2) is 0 Å². The molecular weight excluding hydrogens is 220 g/mol. The second-order valence-electron chi connectivity index (χ2n) is 4.16. The van der Waals surface area contributed by atoms with Crippen molar-refractivity contribution in [2.45, 2.75) is 19.4 Å². The molecule has 1 aliphatic rings. The van der Waals surface area contributed by atoms with Crippen LogP contribution in [-0.2, 0) is 14.3 Å². The second kappa shape index (κ2) is 4.99. The van der Waals surface area contributed by atoms with Gasteiger partial charge in [0, 0.05) is 6.42 Å². The Bertz CT molecular complexity index is 413. The van der Waals surface area contributed by atoms with Crippen molar-refractivity contribution in [3.05, 3.63) is 35.9 Å². The summed E-state index contributed by atoms with van der Waals surface area (Å²) in [6.45, 7) is 1.94. The van der Waals surface area contributed by atoms with Gasteiger partial charge in [0.2, 0.25) is 0 Å². The summed E-state index contributed by atoms with van der Waals surface area (Å²) in [5.41, 5.74) is 0.505. The molecule has 1 aliphatic heterocycles. The fourth-order valence-corrected chi connectivity index (χ4v) is 1.75. The van der Waals surface area contributed by atoms with Gasteiger partial charge in [-0.25, -0.2) is 4.79 Å². The summed E-state index contributed by atoms with van der Waals surface area (Å²) in [5, 5.41) is 0. The predicted octanol–water partition coefficient (Wildman–Crippen LogP) is 1.79. The minimum atomic E-state index is -0.388. The molecule has 0 N–H and O–H groups in total. The van der Waals surface area contributed by atoms with Crippen LogP contribution in [0.2, 0.25) is 0 Å². The number of esters is 2. The molecular formula is C13H14O4. The SMILES string of the molecule is C[C@H]1CC(COC(=O)c2ccccc2)OC1=O. The lowest BCUT2D eigenvalue weighted by atomic mass is 10.1. The number of carbonyl (C=O) groups is 2. The maximum absolute atomic E-state index is 11.6. The van der Waals surface area contributed by atoms with Gasteiger partial charge in [-0.2, -0.15) is 0 Å². The van der Waals surface area contributed by atoms with Crippen molar-refractivity contribution in [3.8, 4) is 0 Å². The summed E-state index contributed by atoms with van der Waals surface area (Å²) in [4.78, 5) is 22.7. The average molecular weight is 234 g/mol. The van der Waals surface area contributed by atoms with E-state index in [4.69, 9.17) is 9.47 Å².